The van der Waals surface area contributed by atoms with Crippen LogP contribution in [0.4, 0.5) is 5.69 Å². The first kappa shape index (κ1) is 13.5. The number of fused-ring (bicyclic) bond motifs is 1. The number of amides is 1. The molecule has 6 heteroatoms. The highest BCUT2D eigenvalue weighted by Crippen LogP contribution is 2.36. The van der Waals surface area contributed by atoms with E-state index < -0.39 is 0 Å². The molecule has 0 fully saturated rings. The van der Waals surface area contributed by atoms with Crippen LogP contribution in [-0.4, -0.2) is 42.4 Å². The lowest BCUT2D eigenvalue weighted by Gasteiger charge is -2.21. The van der Waals surface area contributed by atoms with E-state index in [4.69, 9.17) is 20.3 Å². The summed E-state index contributed by atoms with van der Waals surface area (Å²) in [7, 11) is 0. The van der Waals surface area contributed by atoms with Gasteiger partial charge in [0.15, 0.2) is 11.5 Å². The average Bonchev–Trinajstić information content (AvgIpc) is 2.85. The summed E-state index contributed by atoms with van der Waals surface area (Å²) in [6.45, 7) is 3.15. The van der Waals surface area contributed by atoms with Crippen molar-refractivity contribution in [1.29, 1.82) is 0 Å². The van der Waals surface area contributed by atoms with Gasteiger partial charge in [-0.05, 0) is 19.4 Å². The number of carbonyl (C=O) groups is 1. The molecule has 3 N–H and O–H groups in total. The molecular weight excluding hydrogens is 248 g/mol. The van der Waals surface area contributed by atoms with Crippen molar-refractivity contribution in [3.63, 3.8) is 0 Å². The molecule has 1 heterocycles. The average molecular weight is 266 g/mol. The van der Waals surface area contributed by atoms with Crippen LogP contribution in [0.2, 0.25) is 0 Å². The Kier molecular flexibility index (Phi) is 4.11. The number of ether oxygens (including phenoxy) is 2. The lowest BCUT2D eigenvalue weighted by atomic mass is 10.1. The summed E-state index contributed by atoms with van der Waals surface area (Å²) in [5.41, 5.74) is 6.66. The van der Waals surface area contributed by atoms with Crippen LogP contribution in [0.1, 0.15) is 23.7 Å². The number of hydrogen-bond donors (Lipinski definition) is 2. The number of benzene rings is 1. The van der Waals surface area contributed by atoms with Gasteiger partial charge in [0.2, 0.25) is 6.79 Å². The highest BCUT2D eigenvalue weighted by Gasteiger charge is 2.22. The number of aliphatic hydroxyl groups excluding tert-OH is 1. The molecule has 0 radical (unpaired) electrons. The van der Waals surface area contributed by atoms with Crippen molar-refractivity contribution in [2.75, 3.05) is 32.2 Å². The Morgan fingerprint density at radius 3 is 2.74 bits per heavy atom. The van der Waals surface area contributed by atoms with Gasteiger partial charge in [0.1, 0.15) is 0 Å². The third kappa shape index (κ3) is 2.73. The van der Waals surface area contributed by atoms with Gasteiger partial charge < -0.3 is 25.2 Å². The molecule has 6 nitrogen and oxygen atoms in total. The number of aliphatic hydroxyl groups is 1. The number of nitrogens with zero attached hydrogens (tertiary/aromatic N) is 1. The molecule has 0 spiro atoms. The van der Waals surface area contributed by atoms with Crippen molar-refractivity contribution in [2.24, 2.45) is 0 Å². The van der Waals surface area contributed by atoms with E-state index in [0.717, 1.165) is 0 Å². The van der Waals surface area contributed by atoms with E-state index >= 15 is 0 Å². The molecule has 0 saturated carbocycles. The predicted molar refractivity (Wildman–Crippen MR) is 70.3 cm³/mol. The van der Waals surface area contributed by atoms with Crippen LogP contribution in [0.25, 0.3) is 0 Å². The van der Waals surface area contributed by atoms with E-state index in [2.05, 4.69) is 0 Å². The van der Waals surface area contributed by atoms with Gasteiger partial charge in [0, 0.05) is 31.5 Å². The molecule has 2 rings (SSSR count). The fraction of sp³-hybridized carbons (Fsp3) is 0.462. The van der Waals surface area contributed by atoms with Crippen LogP contribution in [0, 0.1) is 0 Å². The highest BCUT2D eigenvalue weighted by atomic mass is 16.7. The normalized spacial score (nSPS) is 12.5. The zero-order valence-corrected chi connectivity index (χ0v) is 10.9. The second-order valence-electron chi connectivity index (χ2n) is 4.25. The van der Waals surface area contributed by atoms with Crippen molar-refractivity contribution in [3.05, 3.63) is 17.7 Å². The van der Waals surface area contributed by atoms with Crippen LogP contribution < -0.4 is 15.2 Å². The van der Waals surface area contributed by atoms with Gasteiger partial charge in [0.25, 0.3) is 5.91 Å². The van der Waals surface area contributed by atoms with E-state index in [-0.39, 0.29) is 19.3 Å². The highest BCUT2D eigenvalue weighted by molar-refractivity contribution is 6.00. The maximum atomic E-state index is 12.4. The molecule has 1 aliphatic heterocycles. The fourth-order valence-corrected chi connectivity index (χ4v) is 1.98. The maximum Gasteiger partial charge on any atom is 0.256 e. The monoisotopic (exact) mass is 266 g/mol. The van der Waals surface area contributed by atoms with Gasteiger partial charge >= 0.3 is 0 Å². The summed E-state index contributed by atoms with van der Waals surface area (Å²) in [5.74, 6) is 0.940. The largest absolute Gasteiger partial charge is 0.454 e. The van der Waals surface area contributed by atoms with E-state index in [1.807, 2.05) is 6.92 Å². The van der Waals surface area contributed by atoms with E-state index in [1.165, 1.54) is 0 Å². The molecule has 0 aliphatic carbocycles. The molecule has 104 valence electrons. The van der Waals surface area contributed by atoms with Gasteiger partial charge in [-0.3, -0.25) is 4.79 Å². The lowest BCUT2D eigenvalue weighted by molar-refractivity contribution is 0.0755. The summed E-state index contributed by atoms with van der Waals surface area (Å²) in [4.78, 5) is 14.0. The maximum absolute atomic E-state index is 12.4. The van der Waals surface area contributed by atoms with Crippen LogP contribution in [0.3, 0.4) is 0 Å². The van der Waals surface area contributed by atoms with Crippen LogP contribution >= 0.6 is 0 Å². The molecule has 1 aromatic rings. The zero-order chi connectivity index (χ0) is 13.8. The summed E-state index contributed by atoms with van der Waals surface area (Å²) in [6.07, 6.45) is 0.546. The van der Waals surface area contributed by atoms with Crippen LogP contribution in [0.5, 0.6) is 11.5 Å². The minimum absolute atomic E-state index is 0.0560. The second-order valence-corrected chi connectivity index (χ2v) is 4.25. The lowest BCUT2D eigenvalue weighted by Crippen LogP contribution is -2.32. The van der Waals surface area contributed by atoms with Crippen LogP contribution in [0.15, 0.2) is 12.1 Å². The fourth-order valence-electron chi connectivity index (χ4n) is 1.98. The summed E-state index contributed by atoms with van der Waals surface area (Å²) in [5, 5.41) is 8.85. The quantitative estimate of drug-likeness (QED) is 0.771. The number of rotatable bonds is 5. The van der Waals surface area contributed by atoms with Crippen molar-refractivity contribution < 1.29 is 19.4 Å². The van der Waals surface area contributed by atoms with Gasteiger partial charge in [-0.15, -0.1) is 0 Å². The zero-order valence-electron chi connectivity index (χ0n) is 10.9. The summed E-state index contributed by atoms with van der Waals surface area (Å²) in [6, 6.07) is 3.22. The Labute approximate surface area is 111 Å². The first-order chi connectivity index (χ1) is 9.17. The van der Waals surface area contributed by atoms with E-state index in [0.29, 0.717) is 42.3 Å². The first-order valence-corrected chi connectivity index (χ1v) is 6.26. The molecule has 0 unspecified atom stereocenters. The minimum Gasteiger partial charge on any atom is -0.454 e. The number of nitrogens with two attached hydrogens (primary N) is 1. The molecule has 1 aromatic carbocycles. The molecular formula is C13H18N2O4. The van der Waals surface area contributed by atoms with Crippen LogP contribution in [-0.2, 0) is 0 Å². The minimum atomic E-state index is -0.160. The summed E-state index contributed by atoms with van der Waals surface area (Å²) < 4.78 is 10.5. The molecule has 0 bridgehead atoms. The van der Waals surface area contributed by atoms with Crippen molar-refractivity contribution in [3.8, 4) is 11.5 Å². The number of anilines is 1. The molecule has 0 atom stereocenters. The van der Waals surface area contributed by atoms with Gasteiger partial charge in [-0.2, -0.15) is 0 Å². The Balaban J connectivity index is 2.22. The Morgan fingerprint density at radius 1 is 1.42 bits per heavy atom. The smallest absolute Gasteiger partial charge is 0.256 e. The third-order valence-corrected chi connectivity index (χ3v) is 3.03. The molecule has 1 amide bonds. The van der Waals surface area contributed by atoms with E-state index in [1.54, 1.807) is 17.0 Å². The number of hydrogen-bond acceptors (Lipinski definition) is 5. The summed E-state index contributed by atoms with van der Waals surface area (Å²) >= 11 is 0. The Hall–Kier alpha value is -1.95. The van der Waals surface area contributed by atoms with Crippen molar-refractivity contribution in [2.45, 2.75) is 13.3 Å². The molecule has 19 heavy (non-hydrogen) atoms. The van der Waals surface area contributed by atoms with Gasteiger partial charge in [0.05, 0.1) is 5.56 Å². The standard InChI is InChI=1S/C13H18N2O4/c1-2-15(4-3-5-16)13(17)9-6-11-12(7-10(9)14)19-8-18-11/h6-7,16H,2-5,8,14H2,1H3. The van der Waals surface area contributed by atoms with Gasteiger partial charge in [-0.25, -0.2) is 0 Å². The first-order valence-electron chi connectivity index (χ1n) is 6.26. The molecule has 0 saturated heterocycles. The Bertz CT molecular complexity index is 476. The van der Waals surface area contributed by atoms with E-state index in [9.17, 15) is 4.79 Å². The molecule has 0 aromatic heterocycles. The number of nitrogen functional groups attached to an aromatic ring is 1. The van der Waals surface area contributed by atoms with Crippen molar-refractivity contribution in [1.82, 2.24) is 4.90 Å². The third-order valence-electron chi connectivity index (χ3n) is 3.03. The second kappa shape index (κ2) is 5.79. The Morgan fingerprint density at radius 2 is 2.11 bits per heavy atom. The predicted octanol–water partition coefficient (Wildman–Crippen LogP) is 0.842. The van der Waals surface area contributed by atoms with Crippen molar-refractivity contribution >= 4 is 11.6 Å². The topological polar surface area (TPSA) is 85.0 Å². The van der Waals surface area contributed by atoms with Gasteiger partial charge in [-0.1, -0.05) is 0 Å². The SMILES string of the molecule is CCN(CCCO)C(=O)c1cc2c(cc1N)OCO2. The number of carbonyl (C=O) groups excluding carboxylic acids is 1. The molecule has 1 aliphatic rings.